The largest absolute Gasteiger partial charge is 0.344 e. The first kappa shape index (κ1) is 18.7. The molecule has 5 heteroatoms. The highest BCUT2D eigenvalue weighted by Crippen LogP contribution is 2.40. The summed E-state index contributed by atoms with van der Waals surface area (Å²) in [6.07, 6.45) is 0. The molecule has 1 aromatic heterocycles. The lowest BCUT2D eigenvalue weighted by Crippen LogP contribution is -2.20. The van der Waals surface area contributed by atoms with E-state index in [1.807, 2.05) is 6.07 Å². The van der Waals surface area contributed by atoms with E-state index in [1.165, 1.54) is 28.4 Å². The van der Waals surface area contributed by atoms with Crippen LogP contribution < -0.4 is 0 Å². The van der Waals surface area contributed by atoms with E-state index in [-0.39, 0.29) is 11.7 Å². The van der Waals surface area contributed by atoms with E-state index >= 15 is 0 Å². The molecule has 0 N–H and O–H groups in total. The first-order valence-electron chi connectivity index (χ1n) is 8.34. The lowest BCUT2D eigenvalue weighted by Gasteiger charge is -2.07. The molecule has 3 rings (SSSR count). The molecule has 0 aliphatic rings. The predicted octanol–water partition coefficient (Wildman–Crippen LogP) is 6.04. The standard InChI is InChI=1S/C21H20FNOS2/c1-4-25-17-11-7-14(8-12-17)18-13-19(21(24)23(2)3)26-20(18)15-5-9-16(22)10-6-15/h5-13H,4H2,1-3H3. The number of rotatable bonds is 5. The van der Waals surface area contributed by atoms with Crippen LogP contribution in [0.2, 0.25) is 0 Å². The zero-order valence-electron chi connectivity index (χ0n) is 15.0. The Morgan fingerprint density at radius 2 is 1.65 bits per heavy atom. The van der Waals surface area contributed by atoms with E-state index in [1.54, 1.807) is 42.9 Å². The second kappa shape index (κ2) is 8.06. The van der Waals surface area contributed by atoms with E-state index < -0.39 is 0 Å². The lowest BCUT2D eigenvalue weighted by atomic mass is 10.0. The van der Waals surface area contributed by atoms with Crippen LogP contribution in [0.15, 0.2) is 59.5 Å². The fourth-order valence-corrected chi connectivity index (χ4v) is 4.51. The number of benzene rings is 2. The van der Waals surface area contributed by atoms with Gasteiger partial charge in [-0.05, 0) is 47.2 Å². The molecule has 134 valence electrons. The van der Waals surface area contributed by atoms with Gasteiger partial charge in [-0.1, -0.05) is 31.2 Å². The molecule has 0 aliphatic heterocycles. The van der Waals surface area contributed by atoms with Gasteiger partial charge in [0.2, 0.25) is 0 Å². The highest BCUT2D eigenvalue weighted by atomic mass is 32.2. The molecule has 0 fully saturated rings. The molecule has 3 aromatic rings. The summed E-state index contributed by atoms with van der Waals surface area (Å²) >= 11 is 3.24. The van der Waals surface area contributed by atoms with Crippen LogP contribution in [0.5, 0.6) is 0 Å². The maximum atomic E-state index is 13.3. The number of nitrogens with zero attached hydrogens (tertiary/aromatic N) is 1. The number of thioether (sulfide) groups is 1. The number of thiophene rings is 1. The van der Waals surface area contributed by atoms with E-state index in [2.05, 4.69) is 31.2 Å². The Hall–Kier alpha value is -2.11. The number of halogens is 1. The van der Waals surface area contributed by atoms with Gasteiger partial charge in [-0.3, -0.25) is 4.79 Å². The number of carbonyl (C=O) groups excluding carboxylic acids is 1. The average molecular weight is 386 g/mol. The van der Waals surface area contributed by atoms with Crippen molar-refractivity contribution < 1.29 is 9.18 Å². The van der Waals surface area contributed by atoms with Crippen molar-refractivity contribution in [3.05, 3.63) is 65.3 Å². The Balaban J connectivity index is 2.09. The summed E-state index contributed by atoms with van der Waals surface area (Å²) in [7, 11) is 3.49. The number of amides is 1. The molecular weight excluding hydrogens is 365 g/mol. The van der Waals surface area contributed by atoms with E-state index in [0.717, 1.165) is 27.3 Å². The van der Waals surface area contributed by atoms with Gasteiger partial charge in [0.15, 0.2) is 0 Å². The van der Waals surface area contributed by atoms with E-state index in [0.29, 0.717) is 4.88 Å². The summed E-state index contributed by atoms with van der Waals surface area (Å²) in [5.41, 5.74) is 2.97. The molecule has 0 atom stereocenters. The minimum atomic E-state index is -0.266. The maximum Gasteiger partial charge on any atom is 0.263 e. The second-order valence-corrected chi connectivity index (χ2v) is 8.41. The molecule has 2 nitrogen and oxygen atoms in total. The highest BCUT2D eigenvalue weighted by Gasteiger charge is 2.18. The molecular formula is C21H20FNOS2. The second-order valence-electron chi connectivity index (χ2n) is 6.02. The average Bonchev–Trinajstić information content (AvgIpc) is 3.07. The van der Waals surface area contributed by atoms with Crippen LogP contribution in [-0.2, 0) is 0 Å². The van der Waals surface area contributed by atoms with Gasteiger partial charge in [0.25, 0.3) is 5.91 Å². The van der Waals surface area contributed by atoms with Gasteiger partial charge in [0.1, 0.15) is 5.82 Å². The number of carbonyl (C=O) groups is 1. The fraction of sp³-hybridized carbons (Fsp3) is 0.190. The van der Waals surface area contributed by atoms with Crippen LogP contribution in [0.1, 0.15) is 16.6 Å². The first-order valence-corrected chi connectivity index (χ1v) is 10.1. The minimum Gasteiger partial charge on any atom is -0.344 e. The Kier molecular flexibility index (Phi) is 5.79. The number of hydrogen-bond acceptors (Lipinski definition) is 3. The van der Waals surface area contributed by atoms with Crippen molar-refractivity contribution in [3.8, 4) is 21.6 Å². The van der Waals surface area contributed by atoms with Gasteiger partial charge in [-0.25, -0.2) is 4.39 Å². The molecule has 0 spiro atoms. The smallest absolute Gasteiger partial charge is 0.263 e. The maximum absolute atomic E-state index is 13.3. The molecule has 1 amide bonds. The molecule has 2 aromatic carbocycles. The van der Waals surface area contributed by atoms with Gasteiger partial charge in [-0.15, -0.1) is 23.1 Å². The minimum absolute atomic E-state index is 0.0252. The topological polar surface area (TPSA) is 20.3 Å². The third-order valence-corrected chi connectivity index (χ3v) is 6.00. The van der Waals surface area contributed by atoms with Crippen LogP contribution in [0.4, 0.5) is 4.39 Å². The highest BCUT2D eigenvalue weighted by molar-refractivity contribution is 7.99. The van der Waals surface area contributed by atoms with Crippen LogP contribution in [0.3, 0.4) is 0 Å². The van der Waals surface area contributed by atoms with Crippen molar-refractivity contribution in [2.45, 2.75) is 11.8 Å². The van der Waals surface area contributed by atoms with Gasteiger partial charge >= 0.3 is 0 Å². The van der Waals surface area contributed by atoms with Crippen LogP contribution >= 0.6 is 23.1 Å². The summed E-state index contributed by atoms with van der Waals surface area (Å²) in [6.45, 7) is 2.13. The van der Waals surface area contributed by atoms with Gasteiger partial charge < -0.3 is 4.90 Å². The van der Waals surface area contributed by atoms with Crippen molar-refractivity contribution >= 4 is 29.0 Å². The third kappa shape index (κ3) is 4.00. The summed E-state index contributed by atoms with van der Waals surface area (Å²) < 4.78 is 13.3. The molecule has 0 radical (unpaired) electrons. The predicted molar refractivity (Wildman–Crippen MR) is 110 cm³/mol. The number of hydrogen-bond donors (Lipinski definition) is 0. The lowest BCUT2D eigenvalue weighted by molar-refractivity contribution is 0.0832. The fourth-order valence-electron chi connectivity index (χ4n) is 2.64. The molecule has 0 saturated heterocycles. The zero-order valence-corrected chi connectivity index (χ0v) is 16.6. The Labute approximate surface area is 161 Å². The Morgan fingerprint density at radius 1 is 1.04 bits per heavy atom. The van der Waals surface area contributed by atoms with Crippen LogP contribution in [-0.4, -0.2) is 30.7 Å². The SMILES string of the molecule is CCSc1ccc(-c2cc(C(=O)N(C)C)sc2-c2ccc(F)cc2)cc1. The zero-order chi connectivity index (χ0) is 18.7. The van der Waals surface area contributed by atoms with Crippen molar-refractivity contribution in [1.82, 2.24) is 4.90 Å². The van der Waals surface area contributed by atoms with Gasteiger partial charge in [-0.2, -0.15) is 0 Å². The molecule has 0 unspecified atom stereocenters. The van der Waals surface area contributed by atoms with Crippen molar-refractivity contribution in [2.75, 3.05) is 19.8 Å². The quantitative estimate of drug-likeness (QED) is 0.499. The first-order chi connectivity index (χ1) is 12.5. The van der Waals surface area contributed by atoms with E-state index in [4.69, 9.17) is 0 Å². The molecule has 26 heavy (non-hydrogen) atoms. The van der Waals surface area contributed by atoms with Crippen molar-refractivity contribution in [2.24, 2.45) is 0 Å². The van der Waals surface area contributed by atoms with Gasteiger partial charge in [0, 0.05) is 29.4 Å². The van der Waals surface area contributed by atoms with Gasteiger partial charge in [0.05, 0.1) is 4.88 Å². The van der Waals surface area contributed by atoms with Crippen molar-refractivity contribution in [3.63, 3.8) is 0 Å². The van der Waals surface area contributed by atoms with Crippen molar-refractivity contribution in [1.29, 1.82) is 0 Å². The summed E-state index contributed by atoms with van der Waals surface area (Å²) in [6, 6.07) is 16.7. The molecule has 0 aliphatic carbocycles. The Bertz CT molecular complexity index is 899. The van der Waals surface area contributed by atoms with Crippen LogP contribution in [0, 0.1) is 5.82 Å². The summed E-state index contributed by atoms with van der Waals surface area (Å²) in [5, 5.41) is 0. The summed E-state index contributed by atoms with van der Waals surface area (Å²) in [4.78, 5) is 16.9. The summed E-state index contributed by atoms with van der Waals surface area (Å²) in [5.74, 6) is 0.736. The molecule has 1 heterocycles. The van der Waals surface area contributed by atoms with Crippen LogP contribution in [0.25, 0.3) is 21.6 Å². The molecule has 0 bridgehead atoms. The van der Waals surface area contributed by atoms with E-state index in [9.17, 15) is 9.18 Å². The molecule has 0 saturated carbocycles. The Morgan fingerprint density at radius 3 is 2.23 bits per heavy atom. The monoisotopic (exact) mass is 385 g/mol. The third-order valence-electron chi connectivity index (χ3n) is 3.93. The normalized spacial score (nSPS) is 10.8.